The fourth-order valence-corrected chi connectivity index (χ4v) is 5.59. The Morgan fingerprint density at radius 3 is 2.00 bits per heavy atom. The predicted octanol–water partition coefficient (Wildman–Crippen LogP) is 10.3. The van der Waals surface area contributed by atoms with Gasteiger partial charge in [0.25, 0.3) is 0 Å². The molecule has 0 radical (unpaired) electrons. The van der Waals surface area contributed by atoms with Gasteiger partial charge in [0.15, 0.2) is 5.75 Å². The fourth-order valence-electron chi connectivity index (χ4n) is 3.92. The van der Waals surface area contributed by atoms with E-state index in [1.807, 2.05) is 0 Å². The van der Waals surface area contributed by atoms with Crippen LogP contribution in [0.3, 0.4) is 0 Å². The number of rotatable bonds is 14. The topological polar surface area (TPSA) is 9.23 Å². The molecule has 0 aliphatic carbocycles. The largest absolute Gasteiger partial charge is 0.455 e. The highest BCUT2D eigenvalue weighted by Crippen LogP contribution is 2.43. The number of ether oxygens (including phenoxy) is 1. The van der Waals surface area contributed by atoms with Gasteiger partial charge in [0.1, 0.15) is 9.54 Å². The maximum absolute atomic E-state index is 6.19. The van der Waals surface area contributed by atoms with E-state index in [4.69, 9.17) is 4.74 Å². The van der Waals surface area contributed by atoms with Gasteiger partial charge in [0.2, 0.25) is 0 Å². The molecule has 0 unspecified atom stereocenters. The number of aryl methyl sites for hydroxylation is 1. The van der Waals surface area contributed by atoms with Gasteiger partial charge >= 0.3 is 0 Å². The van der Waals surface area contributed by atoms with Crippen LogP contribution in [-0.2, 0) is 6.42 Å². The number of unbranched alkanes of at least 4 members (excludes halogenated alkanes) is 10. The summed E-state index contributed by atoms with van der Waals surface area (Å²) >= 11 is 5.37. The molecule has 0 aliphatic rings. The molecular weight excluding hydrogens is 452 g/mol. The van der Waals surface area contributed by atoms with Gasteiger partial charge in [-0.2, -0.15) is 0 Å². The smallest absolute Gasteiger partial charge is 0.160 e. The van der Waals surface area contributed by atoms with Crippen molar-refractivity contribution in [1.29, 1.82) is 0 Å². The van der Waals surface area contributed by atoms with Gasteiger partial charge in [-0.3, -0.25) is 0 Å². The van der Waals surface area contributed by atoms with Crippen LogP contribution < -0.4 is 4.74 Å². The molecule has 162 valence electrons. The Kier molecular flexibility index (Phi) is 10.2. The lowest BCUT2D eigenvalue weighted by molar-refractivity contribution is 0.487. The molecule has 0 saturated heterocycles. The first-order valence-electron chi connectivity index (χ1n) is 11.7. The van der Waals surface area contributed by atoms with E-state index >= 15 is 0 Å². The standard InChI is InChI=1S/C27H35BrOS/c1-2-3-4-5-6-7-8-9-10-11-12-15-22-18-20-23(21-19-22)29-26-24-16-13-14-17-25(24)30-27(26)28/h13-14,16-21H,2-12,15H2,1H3. The summed E-state index contributed by atoms with van der Waals surface area (Å²) in [4.78, 5) is 0. The number of benzene rings is 2. The summed E-state index contributed by atoms with van der Waals surface area (Å²) in [5, 5.41) is 1.17. The first-order chi connectivity index (χ1) is 14.8. The van der Waals surface area contributed by atoms with Crippen molar-refractivity contribution in [3.63, 3.8) is 0 Å². The van der Waals surface area contributed by atoms with Crippen LogP contribution in [0.1, 0.15) is 83.1 Å². The van der Waals surface area contributed by atoms with Crippen LogP contribution in [0.4, 0.5) is 0 Å². The van der Waals surface area contributed by atoms with E-state index in [9.17, 15) is 0 Å². The van der Waals surface area contributed by atoms with Crippen LogP contribution >= 0.6 is 27.3 Å². The minimum absolute atomic E-state index is 0.905. The Labute approximate surface area is 195 Å². The van der Waals surface area contributed by atoms with Gasteiger partial charge in [0, 0.05) is 10.1 Å². The molecule has 0 saturated carbocycles. The number of hydrogen-bond acceptors (Lipinski definition) is 2. The summed E-state index contributed by atoms with van der Waals surface area (Å²) in [6, 6.07) is 17.0. The molecule has 3 rings (SSSR count). The van der Waals surface area contributed by atoms with Crippen molar-refractivity contribution in [1.82, 2.24) is 0 Å². The zero-order valence-corrected chi connectivity index (χ0v) is 20.7. The quantitative estimate of drug-likeness (QED) is 0.206. The summed E-state index contributed by atoms with van der Waals surface area (Å²) < 4.78 is 8.49. The van der Waals surface area contributed by atoms with Crippen LogP contribution in [0.25, 0.3) is 10.1 Å². The lowest BCUT2D eigenvalue weighted by Gasteiger charge is -2.07. The molecule has 3 aromatic rings. The van der Waals surface area contributed by atoms with Crippen molar-refractivity contribution < 1.29 is 4.74 Å². The molecule has 0 N–H and O–H groups in total. The Balaban J connectivity index is 1.33. The minimum atomic E-state index is 0.905. The monoisotopic (exact) mass is 486 g/mol. The Morgan fingerprint density at radius 2 is 1.33 bits per heavy atom. The molecule has 2 aromatic carbocycles. The number of hydrogen-bond donors (Lipinski definition) is 0. The summed E-state index contributed by atoms with van der Waals surface area (Å²) in [6.07, 6.45) is 16.5. The molecule has 3 heteroatoms. The van der Waals surface area contributed by atoms with Gasteiger partial charge < -0.3 is 4.74 Å². The molecule has 0 atom stereocenters. The van der Waals surface area contributed by atoms with Gasteiger partial charge in [-0.15, -0.1) is 11.3 Å². The molecule has 1 aromatic heterocycles. The SMILES string of the molecule is CCCCCCCCCCCCCc1ccc(Oc2c(Br)sc3ccccc23)cc1. The lowest BCUT2D eigenvalue weighted by atomic mass is 10.0. The summed E-state index contributed by atoms with van der Waals surface area (Å²) in [5.74, 6) is 1.83. The maximum Gasteiger partial charge on any atom is 0.160 e. The van der Waals surface area contributed by atoms with Crippen LogP contribution in [0.5, 0.6) is 11.5 Å². The Morgan fingerprint density at radius 1 is 0.733 bits per heavy atom. The molecule has 0 aliphatic heterocycles. The van der Waals surface area contributed by atoms with E-state index in [1.54, 1.807) is 11.3 Å². The highest BCUT2D eigenvalue weighted by atomic mass is 79.9. The molecule has 1 nitrogen and oxygen atoms in total. The summed E-state index contributed by atoms with van der Waals surface area (Å²) in [6.45, 7) is 2.29. The third-order valence-corrected chi connectivity index (χ3v) is 7.51. The molecule has 0 amide bonds. The van der Waals surface area contributed by atoms with Crippen LogP contribution in [-0.4, -0.2) is 0 Å². The molecule has 0 bridgehead atoms. The van der Waals surface area contributed by atoms with E-state index in [2.05, 4.69) is 71.4 Å². The number of halogens is 1. The van der Waals surface area contributed by atoms with Crippen molar-refractivity contribution >= 4 is 37.4 Å². The third-order valence-electron chi connectivity index (χ3n) is 5.72. The lowest BCUT2D eigenvalue weighted by Crippen LogP contribution is -1.88. The summed E-state index contributed by atoms with van der Waals surface area (Å²) in [7, 11) is 0. The van der Waals surface area contributed by atoms with Gasteiger partial charge in [-0.25, -0.2) is 0 Å². The predicted molar refractivity (Wildman–Crippen MR) is 136 cm³/mol. The zero-order valence-electron chi connectivity index (χ0n) is 18.3. The van der Waals surface area contributed by atoms with Gasteiger partial charge in [0.05, 0.1) is 0 Å². The average Bonchev–Trinajstić information content (AvgIpc) is 3.08. The fraction of sp³-hybridized carbons (Fsp3) is 0.481. The van der Waals surface area contributed by atoms with Crippen LogP contribution in [0.2, 0.25) is 0 Å². The van der Waals surface area contributed by atoms with Crippen molar-refractivity contribution in [2.24, 2.45) is 0 Å². The molecule has 0 spiro atoms. The molecule has 30 heavy (non-hydrogen) atoms. The van der Waals surface area contributed by atoms with Crippen LogP contribution in [0, 0.1) is 0 Å². The first kappa shape index (κ1) is 23.3. The summed E-state index contributed by atoms with van der Waals surface area (Å²) in [5.41, 5.74) is 1.41. The molecule has 0 fully saturated rings. The van der Waals surface area contributed by atoms with Gasteiger partial charge in [-0.05, 0) is 58.6 Å². The second-order valence-electron chi connectivity index (χ2n) is 8.23. The number of thiophene rings is 1. The molecular formula is C27H35BrOS. The van der Waals surface area contributed by atoms with Crippen molar-refractivity contribution in [3.8, 4) is 11.5 Å². The second-order valence-corrected chi connectivity index (χ2v) is 10.6. The van der Waals surface area contributed by atoms with E-state index in [0.717, 1.165) is 15.3 Å². The zero-order chi connectivity index (χ0) is 21.0. The van der Waals surface area contributed by atoms with Crippen molar-refractivity contribution in [3.05, 3.63) is 57.9 Å². The maximum atomic E-state index is 6.19. The molecule has 1 heterocycles. The van der Waals surface area contributed by atoms with E-state index < -0.39 is 0 Å². The van der Waals surface area contributed by atoms with Gasteiger partial charge in [-0.1, -0.05) is 95.4 Å². The third kappa shape index (κ3) is 7.42. The average molecular weight is 488 g/mol. The van der Waals surface area contributed by atoms with E-state index in [-0.39, 0.29) is 0 Å². The minimum Gasteiger partial charge on any atom is -0.455 e. The Hall–Kier alpha value is -1.32. The van der Waals surface area contributed by atoms with E-state index in [1.165, 1.54) is 92.7 Å². The second kappa shape index (κ2) is 13.2. The highest BCUT2D eigenvalue weighted by molar-refractivity contribution is 9.11. The van der Waals surface area contributed by atoms with Crippen molar-refractivity contribution in [2.45, 2.75) is 84.0 Å². The first-order valence-corrected chi connectivity index (χ1v) is 13.3. The normalized spacial score (nSPS) is 11.3. The number of fused-ring (bicyclic) bond motifs is 1. The van der Waals surface area contributed by atoms with Crippen LogP contribution in [0.15, 0.2) is 52.3 Å². The highest BCUT2D eigenvalue weighted by Gasteiger charge is 2.12. The van der Waals surface area contributed by atoms with Crippen molar-refractivity contribution in [2.75, 3.05) is 0 Å². The van der Waals surface area contributed by atoms with E-state index in [0.29, 0.717) is 0 Å². The Bertz CT molecular complexity index is 868.